The van der Waals surface area contributed by atoms with Gasteiger partial charge in [-0.15, -0.1) is 11.8 Å². The smallest absolute Gasteiger partial charge is 0.417 e. The maximum atomic E-state index is 12.8. The van der Waals surface area contributed by atoms with Gasteiger partial charge in [0.25, 0.3) is 0 Å². The van der Waals surface area contributed by atoms with Crippen LogP contribution >= 0.6 is 11.8 Å². The van der Waals surface area contributed by atoms with Crippen molar-refractivity contribution in [2.75, 3.05) is 43.9 Å². The van der Waals surface area contributed by atoms with Crippen LogP contribution < -0.4 is 4.90 Å². The first-order valence-electron chi connectivity index (χ1n) is 9.06. The first kappa shape index (κ1) is 20.8. The second kappa shape index (κ2) is 8.59. The van der Waals surface area contributed by atoms with Crippen molar-refractivity contribution >= 4 is 29.5 Å². The van der Waals surface area contributed by atoms with Gasteiger partial charge in [-0.05, 0) is 25.0 Å². The molecule has 2 fully saturated rings. The molecule has 6 nitrogen and oxygen atoms in total. The molecule has 154 valence electrons. The fraction of sp³-hybridized carbons (Fsp3) is 0.611. The lowest BCUT2D eigenvalue weighted by Crippen LogP contribution is -2.49. The third-order valence-electron chi connectivity index (χ3n) is 5.09. The summed E-state index contributed by atoms with van der Waals surface area (Å²) >= 11 is 1.50. The molecule has 0 bridgehead atoms. The molecule has 0 unspecified atom stereocenters. The molecule has 2 aliphatic heterocycles. The summed E-state index contributed by atoms with van der Waals surface area (Å²) in [5.41, 5.74) is -0.774. The minimum absolute atomic E-state index is 0.0363. The highest BCUT2D eigenvalue weighted by Crippen LogP contribution is 2.31. The minimum atomic E-state index is -4.40. The van der Waals surface area contributed by atoms with E-state index in [-0.39, 0.29) is 23.0 Å². The highest BCUT2D eigenvalue weighted by Gasteiger charge is 2.35. The fourth-order valence-corrected chi connectivity index (χ4v) is 4.61. The molecule has 0 saturated carbocycles. The lowest BCUT2D eigenvalue weighted by Gasteiger charge is -2.37. The van der Waals surface area contributed by atoms with Crippen LogP contribution in [0, 0.1) is 5.92 Å². The first-order chi connectivity index (χ1) is 13.3. The van der Waals surface area contributed by atoms with E-state index in [0.717, 1.165) is 12.3 Å². The monoisotopic (exact) mass is 417 g/mol. The Bertz CT molecular complexity index is 706. The second-order valence-corrected chi connectivity index (χ2v) is 8.14. The van der Waals surface area contributed by atoms with E-state index in [9.17, 15) is 22.8 Å². The Hall–Kier alpha value is -1.97. The number of esters is 1. The van der Waals surface area contributed by atoms with Crippen molar-refractivity contribution < 1.29 is 27.5 Å². The lowest BCUT2D eigenvalue weighted by atomic mass is 9.95. The van der Waals surface area contributed by atoms with E-state index < -0.39 is 11.7 Å². The van der Waals surface area contributed by atoms with E-state index in [2.05, 4.69) is 4.98 Å². The fourth-order valence-electron chi connectivity index (χ4n) is 3.48. The molecular formula is C18H22F3N3O3S. The third-order valence-corrected chi connectivity index (χ3v) is 6.25. The zero-order chi connectivity index (χ0) is 20.3. The van der Waals surface area contributed by atoms with E-state index in [1.54, 1.807) is 4.90 Å². The summed E-state index contributed by atoms with van der Waals surface area (Å²) in [6.07, 6.45) is -2.35. The number of aromatic nitrogens is 1. The third kappa shape index (κ3) is 4.71. The number of hydrogen-bond acceptors (Lipinski definition) is 6. The quantitative estimate of drug-likeness (QED) is 0.704. The van der Waals surface area contributed by atoms with Gasteiger partial charge in [-0.25, -0.2) is 4.98 Å². The van der Waals surface area contributed by atoms with Gasteiger partial charge >= 0.3 is 12.1 Å². The summed E-state index contributed by atoms with van der Waals surface area (Å²) in [5.74, 6) is 0.755. The number of pyridine rings is 1. The Morgan fingerprint density at radius 3 is 2.50 bits per heavy atom. The number of alkyl halides is 3. The summed E-state index contributed by atoms with van der Waals surface area (Å²) in [5, 5.41) is -0.348. The van der Waals surface area contributed by atoms with Gasteiger partial charge in [0.05, 0.1) is 12.7 Å². The van der Waals surface area contributed by atoms with E-state index in [1.807, 2.05) is 4.90 Å². The van der Waals surface area contributed by atoms with Crippen LogP contribution in [0.5, 0.6) is 0 Å². The Labute approximate surface area is 165 Å². The van der Waals surface area contributed by atoms with Crippen molar-refractivity contribution in [1.82, 2.24) is 9.88 Å². The van der Waals surface area contributed by atoms with Gasteiger partial charge in [-0.1, -0.05) is 0 Å². The van der Waals surface area contributed by atoms with Gasteiger partial charge < -0.3 is 14.5 Å². The molecular weight excluding hydrogens is 395 g/mol. The number of nitrogens with zero attached hydrogens (tertiary/aromatic N) is 3. The van der Waals surface area contributed by atoms with Crippen LogP contribution in [0.15, 0.2) is 18.3 Å². The molecule has 1 aromatic rings. The van der Waals surface area contributed by atoms with Crippen LogP contribution in [0.25, 0.3) is 0 Å². The average molecular weight is 417 g/mol. The number of ether oxygens (including phenoxy) is 1. The van der Waals surface area contributed by atoms with Gasteiger partial charge in [-0.2, -0.15) is 13.2 Å². The van der Waals surface area contributed by atoms with Gasteiger partial charge in [0, 0.05) is 44.0 Å². The summed E-state index contributed by atoms with van der Waals surface area (Å²) < 4.78 is 42.7. The minimum Gasteiger partial charge on any atom is -0.468 e. The largest absolute Gasteiger partial charge is 0.468 e. The number of thioether (sulfide) groups is 1. The first-order valence-corrected chi connectivity index (χ1v) is 10.1. The van der Waals surface area contributed by atoms with Crippen molar-refractivity contribution in [2.24, 2.45) is 5.92 Å². The van der Waals surface area contributed by atoms with Gasteiger partial charge in [-0.3, -0.25) is 9.59 Å². The summed E-state index contributed by atoms with van der Waals surface area (Å²) in [6, 6.07) is 2.39. The zero-order valence-electron chi connectivity index (χ0n) is 15.4. The van der Waals surface area contributed by atoms with Gasteiger partial charge in [0.2, 0.25) is 5.91 Å². The van der Waals surface area contributed by atoms with Crippen LogP contribution in [0.3, 0.4) is 0 Å². The topological polar surface area (TPSA) is 62.7 Å². The highest BCUT2D eigenvalue weighted by atomic mass is 32.2. The number of amides is 1. The number of methoxy groups -OCH3 is 1. The van der Waals surface area contributed by atoms with Gasteiger partial charge in [0.1, 0.15) is 11.1 Å². The van der Waals surface area contributed by atoms with E-state index in [0.29, 0.717) is 50.6 Å². The van der Waals surface area contributed by atoms with Crippen LogP contribution in [0.4, 0.5) is 19.0 Å². The molecule has 0 spiro atoms. The highest BCUT2D eigenvalue weighted by molar-refractivity contribution is 8.00. The summed E-state index contributed by atoms with van der Waals surface area (Å²) in [4.78, 5) is 32.1. The van der Waals surface area contributed by atoms with Crippen LogP contribution in [-0.4, -0.2) is 66.1 Å². The number of carbonyl (C=O) groups is 2. The van der Waals surface area contributed by atoms with Crippen molar-refractivity contribution in [2.45, 2.75) is 24.3 Å². The Balaban J connectivity index is 1.55. The van der Waals surface area contributed by atoms with Crippen LogP contribution in [-0.2, 0) is 20.5 Å². The molecule has 3 rings (SSSR count). The molecule has 1 atom stereocenters. The number of piperidine rings is 1. The lowest BCUT2D eigenvalue weighted by molar-refractivity contribution is -0.142. The van der Waals surface area contributed by atoms with E-state index >= 15 is 0 Å². The Kier molecular flexibility index (Phi) is 6.36. The second-order valence-electron chi connectivity index (χ2n) is 6.83. The molecule has 10 heteroatoms. The molecule has 28 heavy (non-hydrogen) atoms. The molecule has 3 heterocycles. The van der Waals surface area contributed by atoms with E-state index in [1.165, 1.54) is 24.9 Å². The molecule has 0 N–H and O–H groups in total. The average Bonchev–Trinajstić information content (AvgIpc) is 2.72. The van der Waals surface area contributed by atoms with Gasteiger partial charge in [0.15, 0.2) is 0 Å². The van der Waals surface area contributed by atoms with Crippen LogP contribution in [0.1, 0.15) is 18.4 Å². The maximum Gasteiger partial charge on any atom is 0.417 e. The standard InChI is InChI=1S/C18H22F3N3O3S/c1-27-17(26)14-11-24(8-9-28-14)16(25)12-4-6-23(7-5-12)15-3-2-13(10-22-15)18(19,20)21/h2-3,10,12,14H,4-9,11H2,1H3/t14-/m1/s1. The molecule has 2 saturated heterocycles. The number of anilines is 1. The molecule has 0 aromatic carbocycles. The Morgan fingerprint density at radius 2 is 1.93 bits per heavy atom. The van der Waals surface area contributed by atoms with Crippen LogP contribution in [0.2, 0.25) is 0 Å². The molecule has 2 aliphatic rings. The van der Waals surface area contributed by atoms with Crippen molar-refractivity contribution in [3.05, 3.63) is 23.9 Å². The molecule has 0 aliphatic carbocycles. The predicted octanol–water partition coefficient (Wildman–Crippen LogP) is 2.43. The van der Waals surface area contributed by atoms with E-state index in [4.69, 9.17) is 4.74 Å². The van der Waals surface area contributed by atoms with Crippen molar-refractivity contribution in [3.63, 3.8) is 0 Å². The molecule has 1 aromatic heterocycles. The number of carbonyl (C=O) groups excluding carboxylic acids is 2. The normalized spacial score (nSPS) is 21.5. The van der Waals surface area contributed by atoms with Crippen molar-refractivity contribution in [3.8, 4) is 0 Å². The molecule has 0 radical (unpaired) electrons. The van der Waals surface area contributed by atoms with Crippen molar-refractivity contribution in [1.29, 1.82) is 0 Å². The number of rotatable bonds is 3. The SMILES string of the molecule is COC(=O)[C@H]1CN(C(=O)C2CCN(c3ccc(C(F)(F)F)cn3)CC2)CCS1. The molecule has 1 amide bonds. The predicted molar refractivity (Wildman–Crippen MR) is 99.0 cm³/mol. The number of hydrogen-bond donors (Lipinski definition) is 0. The zero-order valence-corrected chi connectivity index (χ0v) is 16.3. The number of halogens is 3. The maximum absolute atomic E-state index is 12.8. The summed E-state index contributed by atoms with van der Waals surface area (Å²) in [6.45, 7) is 2.07. The Morgan fingerprint density at radius 1 is 1.21 bits per heavy atom. The summed E-state index contributed by atoms with van der Waals surface area (Å²) in [7, 11) is 1.34.